The van der Waals surface area contributed by atoms with Crippen LogP contribution >= 0.6 is 0 Å². The Morgan fingerprint density at radius 2 is 2.28 bits per heavy atom. The maximum absolute atomic E-state index is 13.5. The molecule has 2 N–H and O–H groups in total. The fourth-order valence-corrected chi connectivity index (χ4v) is 2.57. The third-order valence-corrected chi connectivity index (χ3v) is 3.70. The van der Waals surface area contributed by atoms with Gasteiger partial charge in [-0.05, 0) is 50.6 Å². The molecule has 1 unspecified atom stereocenters. The van der Waals surface area contributed by atoms with E-state index in [1.807, 2.05) is 6.07 Å². The third kappa shape index (κ3) is 3.00. The molecule has 18 heavy (non-hydrogen) atoms. The topological polar surface area (TPSA) is 38.5 Å². The Labute approximate surface area is 108 Å². The predicted octanol–water partition coefficient (Wildman–Crippen LogP) is 1.80. The van der Waals surface area contributed by atoms with Crippen LogP contribution in [0.3, 0.4) is 0 Å². The summed E-state index contributed by atoms with van der Waals surface area (Å²) < 4.78 is 18.4. The van der Waals surface area contributed by atoms with Crippen molar-refractivity contribution in [3.05, 3.63) is 29.6 Å². The van der Waals surface area contributed by atoms with Crippen LogP contribution in [-0.2, 0) is 6.42 Å². The lowest BCUT2D eigenvalue weighted by atomic mass is 9.91. The van der Waals surface area contributed by atoms with Crippen LogP contribution in [0.15, 0.2) is 18.2 Å². The van der Waals surface area contributed by atoms with Crippen molar-refractivity contribution >= 4 is 0 Å². The second-order valence-corrected chi connectivity index (χ2v) is 5.32. The van der Waals surface area contributed by atoms with Gasteiger partial charge in [0.25, 0.3) is 0 Å². The molecule has 0 saturated carbocycles. The molecule has 0 amide bonds. The Bertz CT molecular complexity index is 424. The molecule has 1 aromatic rings. The highest BCUT2D eigenvalue weighted by atomic mass is 19.1. The highest BCUT2D eigenvalue weighted by Crippen LogP contribution is 2.24. The number of likely N-dealkylation sites (N-methyl/N-ethyl adjacent to an activating group) is 1. The van der Waals surface area contributed by atoms with Gasteiger partial charge in [0, 0.05) is 12.1 Å². The van der Waals surface area contributed by atoms with Crippen LogP contribution in [0.1, 0.15) is 18.4 Å². The number of likely N-dealkylation sites (tertiary alicyclic amines) is 1. The van der Waals surface area contributed by atoms with Gasteiger partial charge in [0.05, 0.1) is 7.11 Å². The molecule has 3 nitrogen and oxygen atoms in total. The largest absolute Gasteiger partial charge is 0.494 e. The maximum atomic E-state index is 13.5. The molecule has 100 valence electrons. The summed E-state index contributed by atoms with van der Waals surface area (Å²) in [6.45, 7) is 1.97. The second-order valence-electron chi connectivity index (χ2n) is 5.32. The lowest BCUT2D eigenvalue weighted by Crippen LogP contribution is -2.42. The van der Waals surface area contributed by atoms with Gasteiger partial charge in [0.2, 0.25) is 0 Å². The first-order valence-electron chi connectivity index (χ1n) is 6.32. The van der Waals surface area contributed by atoms with Crippen molar-refractivity contribution in [3.8, 4) is 5.75 Å². The molecule has 0 aromatic heterocycles. The Hall–Kier alpha value is -1.13. The highest BCUT2D eigenvalue weighted by molar-refractivity contribution is 5.29. The van der Waals surface area contributed by atoms with E-state index in [9.17, 15) is 4.39 Å². The minimum atomic E-state index is -0.301. The number of nitrogens with two attached hydrogens (primary N) is 1. The zero-order chi connectivity index (χ0) is 13.2. The van der Waals surface area contributed by atoms with Crippen LogP contribution in [0.5, 0.6) is 5.75 Å². The fraction of sp³-hybridized carbons (Fsp3) is 0.571. The lowest BCUT2D eigenvalue weighted by Gasteiger charge is -2.23. The first-order chi connectivity index (χ1) is 8.52. The average Bonchev–Trinajstić information content (AvgIpc) is 2.68. The number of nitrogens with zero attached hydrogens (tertiary/aromatic N) is 1. The van der Waals surface area contributed by atoms with Crippen LogP contribution in [-0.4, -0.2) is 37.7 Å². The van der Waals surface area contributed by atoms with Crippen molar-refractivity contribution in [3.63, 3.8) is 0 Å². The van der Waals surface area contributed by atoms with E-state index in [-0.39, 0.29) is 11.4 Å². The van der Waals surface area contributed by atoms with E-state index < -0.39 is 0 Å². The SMILES string of the molecule is COc1ccc(CCC2(N)CCN(C)C2)cc1F. The van der Waals surface area contributed by atoms with Gasteiger partial charge in [0.15, 0.2) is 11.6 Å². The smallest absolute Gasteiger partial charge is 0.165 e. The van der Waals surface area contributed by atoms with E-state index in [0.29, 0.717) is 5.75 Å². The number of ether oxygens (including phenoxy) is 1. The highest BCUT2D eigenvalue weighted by Gasteiger charge is 2.31. The number of hydrogen-bond acceptors (Lipinski definition) is 3. The summed E-state index contributed by atoms with van der Waals surface area (Å²) in [6, 6.07) is 5.12. The molecular formula is C14H21FN2O. The molecule has 2 rings (SSSR count). The summed E-state index contributed by atoms with van der Waals surface area (Å²) in [4.78, 5) is 2.24. The van der Waals surface area contributed by atoms with Crippen LogP contribution < -0.4 is 10.5 Å². The average molecular weight is 252 g/mol. The normalized spacial score (nSPS) is 24.4. The quantitative estimate of drug-likeness (QED) is 0.888. The predicted molar refractivity (Wildman–Crippen MR) is 70.3 cm³/mol. The standard InChI is InChI=1S/C14H21FN2O/c1-17-8-7-14(16,10-17)6-5-11-3-4-13(18-2)12(15)9-11/h3-4,9H,5-8,10,16H2,1-2H3. The number of methoxy groups -OCH3 is 1. The first-order valence-corrected chi connectivity index (χ1v) is 6.32. The Morgan fingerprint density at radius 1 is 1.50 bits per heavy atom. The van der Waals surface area contributed by atoms with Crippen LogP contribution in [0.4, 0.5) is 4.39 Å². The number of aryl methyl sites for hydroxylation is 1. The molecule has 1 saturated heterocycles. The first kappa shape index (κ1) is 13.3. The van der Waals surface area contributed by atoms with Gasteiger partial charge in [-0.25, -0.2) is 4.39 Å². The Morgan fingerprint density at radius 3 is 2.83 bits per heavy atom. The van der Waals surface area contributed by atoms with Crippen LogP contribution in [0, 0.1) is 5.82 Å². The van der Waals surface area contributed by atoms with Gasteiger partial charge in [-0.2, -0.15) is 0 Å². The summed E-state index contributed by atoms with van der Waals surface area (Å²) >= 11 is 0. The Balaban J connectivity index is 1.96. The second kappa shape index (κ2) is 5.24. The van der Waals surface area contributed by atoms with E-state index in [0.717, 1.165) is 37.9 Å². The van der Waals surface area contributed by atoms with E-state index in [2.05, 4.69) is 11.9 Å². The molecule has 1 aliphatic heterocycles. The number of hydrogen-bond donors (Lipinski definition) is 1. The van der Waals surface area contributed by atoms with E-state index >= 15 is 0 Å². The molecule has 0 aliphatic carbocycles. The van der Waals surface area contributed by atoms with Crippen molar-refractivity contribution in [2.45, 2.75) is 24.8 Å². The molecule has 0 spiro atoms. The molecule has 1 aliphatic rings. The molecule has 4 heteroatoms. The summed E-state index contributed by atoms with van der Waals surface area (Å²) in [6.07, 6.45) is 2.72. The monoisotopic (exact) mass is 252 g/mol. The molecule has 1 fully saturated rings. The molecule has 0 bridgehead atoms. The zero-order valence-electron chi connectivity index (χ0n) is 11.1. The fourth-order valence-electron chi connectivity index (χ4n) is 2.57. The van der Waals surface area contributed by atoms with E-state index in [1.54, 1.807) is 12.1 Å². The summed E-state index contributed by atoms with van der Waals surface area (Å²) in [5, 5.41) is 0. The summed E-state index contributed by atoms with van der Waals surface area (Å²) in [7, 11) is 3.56. The minimum absolute atomic E-state index is 0.120. The summed E-state index contributed by atoms with van der Waals surface area (Å²) in [5.41, 5.74) is 7.19. The van der Waals surface area contributed by atoms with Gasteiger partial charge in [-0.1, -0.05) is 6.07 Å². The number of benzene rings is 1. The lowest BCUT2D eigenvalue weighted by molar-refractivity contribution is 0.354. The zero-order valence-corrected chi connectivity index (χ0v) is 11.1. The minimum Gasteiger partial charge on any atom is -0.494 e. The van der Waals surface area contributed by atoms with Gasteiger partial charge in [-0.15, -0.1) is 0 Å². The maximum Gasteiger partial charge on any atom is 0.165 e. The van der Waals surface area contributed by atoms with Gasteiger partial charge < -0.3 is 15.4 Å². The van der Waals surface area contributed by atoms with Crippen LogP contribution in [0.25, 0.3) is 0 Å². The van der Waals surface area contributed by atoms with Crippen molar-refractivity contribution in [2.75, 3.05) is 27.2 Å². The van der Waals surface area contributed by atoms with Crippen molar-refractivity contribution in [2.24, 2.45) is 5.73 Å². The van der Waals surface area contributed by atoms with E-state index in [1.165, 1.54) is 7.11 Å². The molecule has 1 aromatic carbocycles. The van der Waals surface area contributed by atoms with Crippen molar-refractivity contribution in [1.82, 2.24) is 4.90 Å². The number of halogens is 1. The third-order valence-electron chi connectivity index (χ3n) is 3.70. The van der Waals surface area contributed by atoms with Crippen molar-refractivity contribution in [1.29, 1.82) is 0 Å². The van der Waals surface area contributed by atoms with Crippen molar-refractivity contribution < 1.29 is 9.13 Å². The van der Waals surface area contributed by atoms with Gasteiger partial charge in [-0.3, -0.25) is 0 Å². The van der Waals surface area contributed by atoms with Crippen LogP contribution in [0.2, 0.25) is 0 Å². The molecular weight excluding hydrogens is 231 g/mol. The Kier molecular flexibility index (Phi) is 3.88. The number of rotatable bonds is 4. The molecule has 0 radical (unpaired) electrons. The van der Waals surface area contributed by atoms with Gasteiger partial charge >= 0.3 is 0 Å². The van der Waals surface area contributed by atoms with E-state index in [4.69, 9.17) is 10.5 Å². The van der Waals surface area contributed by atoms with Gasteiger partial charge in [0.1, 0.15) is 0 Å². The molecule has 1 heterocycles. The summed E-state index contributed by atoms with van der Waals surface area (Å²) in [5.74, 6) is -0.00794. The molecule has 1 atom stereocenters.